The number of thioether (sulfide) groups is 1. The summed E-state index contributed by atoms with van der Waals surface area (Å²) >= 11 is 1.76. The number of nitrogens with zero attached hydrogens (tertiary/aromatic N) is 1. The molecule has 0 fully saturated rings. The zero-order valence-electron chi connectivity index (χ0n) is 9.32. The molecule has 3 nitrogen and oxygen atoms in total. The van der Waals surface area contributed by atoms with Crippen molar-refractivity contribution in [2.75, 3.05) is 25.7 Å². The van der Waals surface area contributed by atoms with Crippen molar-refractivity contribution < 1.29 is 9.90 Å². The molecule has 4 heteroatoms. The molecule has 0 aliphatic heterocycles. The third-order valence-electron chi connectivity index (χ3n) is 2.32. The molecular weight excluding hydrogens is 198 g/mol. The summed E-state index contributed by atoms with van der Waals surface area (Å²) in [5.74, 6) is 1.12. The maximum atomic E-state index is 11.6. The summed E-state index contributed by atoms with van der Waals surface area (Å²) in [6.45, 7) is 2.19. The summed E-state index contributed by atoms with van der Waals surface area (Å²) in [7, 11) is 1.85. The van der Waals surface area contributed by atoms with Crippen molar-refractivity contribution in [2.45, 2.75) is 32.2 Å². The minimum Gasteiger partial charge on any atom is -0.396 e. The third kappa shape index (κ3) is 4.86. The molecule has 1 unspecified atom stereocenters. The number of hydrogen-bond acceptors (Lipinski definition) is 3. The molecular formula is C10H21NO2S. The molecule has 0 aromatic heterocycles. The van der Waals surface area contributed by atoms with Crippen LogP contribution in [0.15, 0.2) is 0 Å². The number of rotatable bonds is 7. The first-order chi connectivity index (χ1) is 6.67. The molecule has 1 atom stereocenters. The standard InChI is InChI=1S/C10H21NO2S/c1-4-9(8-14-3)11(2)10(13)6-5-7-12/h9,12H,4-8H2,1-3H3. The summed E-state index contributed by atoms with van der Waals surface area (Å²) in [4.78, 5) is 13.4. The van der Waals surface area contributed by atoms with Crippen molar-refractivity contribution in [1.29, 1.82) is 0 Å². The number of carbonyl (C=O) groups is 1. The van der Waals surface area contributed by atoms with E-state index in [2.05, 4.69) is 13.2 Å². The van der Waals surface area contributed by atoms with Gasteiger partial charge in [0, 0.05) is 31.9 Å². The Bertz CT molecular complexity index is 164. The lowest BCUT2D eigenvalue weighted by Crippen LogP contribution is -2.38. The lowest BCUT2D eigenvalue weighted by atomic mass is 10.2. The first kappa shape index (κ1) is 13.8. The average Bonchev–Trinajstić information content (AvgIpc) is 2.21. The van der Waals surface area contributed by atoms with Crippen molar-refractivity contribution in [3.63, 3.8) is 0 Å². The van der Waals surface area contributed by atoms with E-state index in [-0.39, 0.29) is 12.5 Å². The number of aliphatic hydroxyl groups is 1. The van der Waals surface area contributed by atoms with E-state index in [1.54, 1.807) is 11.8 Å². The van der Waals surface area contributed by atoms with Gasteiger partial charge in [0.05, 0.1) is 0 Å². The second kappa shape index (κ2) is 8.12. The molecule has 1 N–H and O–H groups in total. The van der Waals surface area contributed by atoms with Crippen molar-refractivity contribution in [2.24, 2.45) is 0 Å². The van der Waals surface area contributed by atoms with Gasteiger partial charge in [0.1, 0.15) is 0 Å². The molecule has 0 aromatic rings. The van der Waals surface area contributed by atoms with Crippen LogP contribution in [0, 0.1) is 0 Å². The van der Waals surface area contributed by atoms with E-state index in [4.69, 9.17) is 5.11 Å². The van der Waals surface area contributed by atoms with E-state index < -0.39 is 0 Å². The van der Waals surface area contributed by atoms with Gasteiger partial charge in [0.2, 0.25) is 5.91 Å². The Morgan fingerprint density at radius 3 is 2.64 bits per heavy atom. The van der Waals surface area contributed by atoms with E-state index in [0.717, 1.165) is 12.2 Å². The Morgan fingerprint density at radius 1 is 1.57 bits per heavy atom. The fourth-order valence-corrected chi connectivity index (χ4v) is 2.15. The van der Waals surface area contributed by atoms with Gasteiger partial charge in [-0.3, -0.25) is 4.79 Å². The van der Waals surface area contributed by atoms with Gasteiger partial charge in [-0.1, -0.05) is 6.92 Å². The molecule has 0 saturated carbocycles. The van der Waals surface area contributed by atoms with Crippen molar-refractivity contribution in [3.05, 3.63) is 0 Å². The van der Waals surface area contributed by atoms with Crippen LogP contribution in [-0.4, -0.2) is 47.6 Å². The number of hydrogen-bond donors (Lipinski definition) is 1. The van der Waals surface area contributed by atoms with Crippen LogP contribution in [0.25, 0.3) is 0 Å². The van der Waals surface area contributed by atoms with Crippen LogP contribution in [0.3, 0.4) is 0 Å². The van der Waals surface area contributed by atoms with E-state index in [1.165, 1.54) is 0 Å². The summed E-state index contributed by atoms with van der Waals surface area (Å²) in [6, 6.07) is 0.330. The average molecular weight is 219 g/mol. The minimum absolute atomic E-state index is 0.0961. The van der Waals surface area contributed by atoms with E-state index in [9.17, 15) is 4.79 Å². The van der Waals surface area contributed by atoms with Crippen LogP contribution >= 0.6 is 11.8 Å². The second-order valence-electron chi connectivity index (χ2n) is 3.35. The molecule has 0 bridgehead atoms. The Kier molecular flexibility index (Phi) is 7.99. The topological polar surface area (TPSA) is 40.5 Å². The smallest absolute Gasteiger partial charge is 0.222 e. The third-order valence-corrected chi connectivity index (χ3v) is 3.04. The van der Waals surface area contributed by atoms with Crippen LogP contribution in [-0.2, 0) is 4.79 Å². The Morgan fingerprint density at radius 2 is 2.21 bits per heavy atom. The molecule has 0 rings (SSSR count). The molecule has 0 saturated heterocycles. The van der Waals surface area contributed by atoms with Gasteiger partial charge in [-0.15, -0.1) is 0 Å². The van der Waals surface area contributed by atoms with Crippen LogP contribution in [0.1, 0.15) is 26.2 Å². The molecule has 0 aliphatic rings. The lowest BCUT2D eigenvalue weighted by molar-refractivity contribution is -0.131. The SMILES string of the molecule is CCC(CSC)N(C)C(=O)CCCO. The summed E-state index contributed by atoms with van der Waals surface area (Å²) in [5.41, 5.74) is 0. The highest BCUT2D eigenvalue weighted by atomic mass is 32.2. The van der Waals surface area contributed by atoms with Gasteiger partial charge < -0.3 is 10.0 Å². The van der Waals surface area contributed by atoms with Crippen molar-refractivity contribution in [1.82, 2.24) is 4.90 Å². The quantitative estimate of drug-likeness (QED) is 0.703. The van der Waals surface area contributed by atoms with Gasteiger partial charge in [-0.25, -0.2) is 0 Å². The van der Waals surface area contributed by atoms with E-state index >= 15 is 0 Å². The van der Waals surface area contributed by atoms with Gasteiger partial charge >= 0.3 is 0 Å². The van der Waals surface area contributed by atoms with Crippen LogP contribution < -0.4 is 0 Å². The molecule has 0 heterocycles. The lowest BCUT2D eigenvalue weighted by Gasteiger charge is -2.26. The predicted octanol–water partition coefficient (Wildman–Crippen LogP) is 1.36. The maximum Gasteiger partial charge on any atom is 0.222 e. The largest absolute Gasteiger partial charge is 0.396 e. The highest BCUT2D eigenvalue weighted by Crippen LogP contribution is 2.10. The number of amides is 1. The van der Waals surface area contributed by atoms with Crippen molar-refractivity contribution in [3.8, 4) is 0 Å². The van der Waals surface area contributed by atoms with Gasteiger partial charge in [0.25, 0.3) is 0 Å². The summed E-state index contributed by atoms with van der Waals surface area (Å²) in [5, 5.41) is 8.62. The van der Waals surface area contributed by atoms with E-state index in [0.29, 0.717) is 18.9 Å². The number of carbonyl (C=O) groups excluding carboxylic acids is 1. The highest BCUT2D eigenvalue weighted by molar-refractivity contribution is 7.98. The Hall–Kier alpha value is -0.220. The van der Waals surface area contributed by atoms with Crippen LogP contribution in [0.2, 0.25) is 0 Å². The number of aliphatic hydroxyl groups excluding tert-OH is 1. The van der Waals surface area contributed by atoms with Gasteiger partial charge in [-0.05, 0) is 19.1 Å². The normalized spacial score (nSPS) is 12.6. The fraction of sp³-hybridized carbons (Fsp3) is 0.900. The molecule has 0 spiro atoms. The zero-order chi connectivity index (χ0) is 11.0. The first-order valence-corrected chi connectivity index (χ1v) is 6.42. The van der Waals surface area contributed by atoms with Gasteiger partial charge in [-0.2, -0.15) is 11.8 Å². The molecule has 84 valence electrons. The highest BCUT2D eigenvalue weighted by Gasteiger charge is 2.16. The Labute approximate surface area is 90.9 Å². The van der Waals surface area contributed by atoms with Crippen LogP contribution in [0.4, 0.5) is 0 Å². The summed E-state index contributed by atoms with van der Waals surface area (Å²) in [6.07, 6.45) is 4.06. The van der Waals surface area contributed by atoms with Gasteiger partial charge in [0.15, 0.2) is 0 Å². The minimum atomic E-state index is 0.0961. The van der Waals surface area contributed by atoms with Crippen molar-refractivity contribution >= 4 is 17.7 Å². The monoisotopic (exact) mass is 219 g/mol. The van der Waals surface area contributed by atoms with Crippen LogP contribution in [0.5, 0.6) is 0 Å². The first-order valence-electron chi connectivity index (χ1n) is 5.02. The molecule has 0 aromatic carbocycles. The van der Waals surface area contributed by atoms with E-state index in [1.807, 2.05) is 11.9 Å². The second-order valence-corrected chi connectivity index (χ2v) is 4.26. The fourth-order valence-electron chi connectivity index (χ4n) is 1.31. The zero-order valence-corrected chi connectivity index (χ0v) is 10.1. The molecule has 0 radical (unpaired) electrons. The molecule has 14 heavy (non-hydrogen) atoms. The molecule has 1 amide bonds. The maximum absolute atomic E-state index is 11.6. The molecule has 0 aliphatic carbocycles. The predicted molar refractivity (Wildman–Crippen MR) is 61.6 cm³/mol. The Balaban J connectivity index is 3.98. The summed E-state index contributed by atoms with van der Waals surface area (Å²) < 4.78 is 0.